The third kappa shape index (κ3) is 5.42. The Hall–Kier alpha value is -2.67. The van der Waals surface area contributed by atoms with Crippen molar-refractivity contribution in [1.82, 2.24) is 9.72 Å². The van der Waals surface area contributed by atoms with Gasteiger partial charge < -0.3 is 4.74 Å². The molecule has 2 rings (SSSR count). The zero-order valence-electron chi connectivity index (χ0n) is 16.4. The molecule has 1 atom stereocenters. The van der Waals surface area contributed by atoms with Crippen LogP contribution in [0.25, 0.3) is 0 Å². The molecule has 0 bridgehead atoms. The van der Waals surface area contributed by atoms with Crippen molar-refractivity contribution in [3.63, 3.8) is 0 Å². The number of carbonyl (C=O) groups excluding carboxylic acids is 1. The van der Waals surface area contributed by atoms with Gasteiger partial charge in [0.1, 0.15) is 0 Å². The zero-order chi connectivity index (χ0) is 20.7. The molecule has 0 fully saturated rings. The van der Waals surface area contributed by atoms with Gasteiger partial charge in [-0.05, 0) is 56.9 Å². The molecule has 28 heavy (non-hydrogen) atoms. The van der Waals surface area contributed by atoms with Gasteiger partial charge in [0.05, 0.1) is 7.11 Å². The maximum atomic E-state index is 12.3. The highest BCUT2D eigenvalue weighted by Gasteiger charge is 2.32. The molecule has 0 aliphatic carbocycles. The summed E-state index contributed by atoms with van der Waals surface area (Å²) >= 11 is 6.04. The van der Waals surface area contributed by atoms with Crippen molar-refractivity contribution < 1.29 is 14.1 Å². The number of nitrogens with zero attached hydrogens (tertiary/aromatic N) is 3. The van der Waals surface area contributed by atoms with Crippen LogP contribution in [0.15, 0.2) is 44.7 Å². The first kappa shape index (κ1) is 21.6. The molecule has 0 amide bonds. The van der Waals surface area contributed by atoms with E-state index in [1.165, 1.54) is 11.7 Å². The summed E-state index contributed by atoms with van der Waals surface area (Å²) in [5, 5.41) is 4.29. The maximum Gasteiger partial charge on any atom is 0.441 e. The molecule has 8 heteroatoms. The molecule has 1 aromatic carbocycles. The van der Waals surface area contributed by atoms with E-state index in [4.69, 9.17) is 16.3 Å². The van der Waals surface area contributed by atoms with E-state index in [9.17, 15) is 9.59 Å². The van der Waals surface area contributed by atoms with Crippen LogP contribution in [-0.4, -0.2) is 34.6 Å². The standard InChI is InChI=1S/C20H24ClN3O4/c1-14-12-16(8-9-17(14)21)13-22-20(3,18(25)27-4)10-6-5-7-11-24-15(2)23-28-19(24)26/h5,7-9,12-13H,6,10-11H2,1-4H3/b7-5+,22-13?. The lowest BCUT2D eigenvalue weighted by Crippen LogP contribution is -2.34. The van der Waals surface area contributed by atoms with Crippen LogP contribution in [0.4, 0.5) is 0 Å². The molecule has 0 N–H and O–H groups in total. The second-order valence-corrected chi connectivity index (χ2v) is 7.06. The predicted molar refractivity (Wildman–Crippen MR) is 108 cm³/mol. The average molecular weight is 406 g/mol. The quantitative estimate of drug-likeness (QED) is 0.381. The van der Waals surface area contributed by atoms with Crippen molar-refractivity contribution in [2.24, 2.45) is 4.99 Å². The zero-order valence-corrected chi connectivity index (χ0v) is 17.2. The van der Waals surface area contributed by atoms with E-state index < -0.39 is 17.3 Å². The lowest BCUT2D eigenvalue weighted by Gasteiger charge is -2.21. The molecule has 0 saturated heterocycles. The van der Waals surface area contributed by atoms with Gasteiger partial charge in [0.15, 0.2) is 11.4 Å². The summed E-state index contributed by atoms with van der Waals surface area (Å²) in [6, 6.07) is 5.54. The Bertz CT molecular complexity index is 945. The normalized spacial score (nSPS) is 13.9. The SMILES string of the molecule is COC(=O)C(C)(CC/C=C/Cn1c(C)noc1=O)N=Cc1ccc(Cl)c(C)c1. The molecule has 150 valence electrons. The van der Waals surface area contributed by atoms with Gasteiger partial charge in [0.25, 0.3) is 0 Å². The third-order valence-corrected chi connectivity index (χ3v) is 4.85. The van der Waals surface area contributed by atoms with Crippen LogP contribution in [0.5, 0.6) is 0 Å². The second-order valence-electron chi connectivity index (χ2n) is 6.65. The molecule has 0 spiro atoms. The molecular formula is C20H24ClN3O4. The van der Waals surface area contributed by atoms with Gasteiger partial charge in [-0.2, -0.15) is 0 Å². The van der Waals surface area contributed by atoms with Crippen molar-refractivity contribution in [2.75, 3.05) is 7.11 Å². The summed E-state index contributed by atoms with van der Waals surface area (Å²) in [6.45, 7) is 5.70. The van der Waals surface area contributed by atoms with Crippen molar-refractivity contribution >= 4 is 23.8 Å². The van der Waals surface area contributed by atoms with E-state index >= 15 is 0 Å². The molecule has 0 aliphatic rings. The highest BCUT2D eigenvalue weighted by atomic mass is 35.5. The van der Waals surface area contributed by atoms with Gasteiger partial charge in [-0.15, -0.1) is 0 Å². The van der Waals surface area contributed by atoms with Crippen LogP contribution < -0.4 is 5.76 Å². The number of rotatable bonds is 8. The molecule has 1 aromatic heterocycles. The van der Waals surface area contributed by atoms with Gasteiger partial charge in [-0.3, -0.25) is 14.1 Å². The molecule has 1 unspecified atom stereocenters. The third-order valence-electron chi connectivity index (χ3n) is 4.43. The number of aromatic nitrogens is 2. The lowest BCUT2D eigenvalue weighted by atomic mass is 9.96. The topological polar surface area (TPSA) is 86.7 Å². The van der Waals surface area contributed by atoms with Gasteiger partial charge in [0.2, 0.25) is 0 Å². The summed E-state index contributed by atoms with van der Waals surface area (Å²) in [5.74, 6) is -0.393. The van der Waals surface area contributed by atoms with E-state index in [1.54, 1.807) is 26.1 Å². The summed E-state index contributed by atoms with van der Waals surface area (Å²) in [6.07, 6.45) is 6.42. The minimum atomic E-state index is -1.02. The Morgan fingerprint density at radius 3 is 2.75 bits per heavy atom. The number of benzene rings is 1. The number of carbonyl (C=O) groups is 1. The number of halogens is 1. The van der Waals surface area contributed by atoms with Crippen molar-refractivity contribution in [3.8, 4) is 0 Å². The fraction of sp³-hybridized carbons (Fsp3) is 0.400. The Kier molecular flexibility index (Phi) is 7.34. The fourth-order valence-electron chi connectivity index (χ4n) is 2.61. The summed E-state index contributed by atoms with van der Waals surface area (Å²) in [7, 11) is 1.35. The summed E-state index contributed by atoms with van der Waals surface area (Å²) in [5.41, 5.74) is 0.777. The first-order valence-electron chi connectivity index (χ1n) is 8.85. The fourth-order valence-corrected chi connectivity index (χ4v) is 2.73. The van der Waals surface area contributed by atoms with E-state index in [2.05, 4.69) is 14.7 Å². The van der Waals surface area contributed by atoms with Crippen LogP contribution in [0, 0.1) is 13.8 Å². The Balaban J connectivity index is 2.04. The Morgan fingerprint density at radius 1 is 1.39 bits per heavy atom. The number of allylic oxidation sites excluding steroid dienone is 2. The Labute approximate surface area is 168 Å². The molecule has 7 nitrogen and oxygen atoms in total. The number of aryl methyl sites for hydroxylation is 2. The van der Waals surface area contributed by atoms with Crippen LogP contribution >= 0.6 is 11.6 Å². The van der Waals surface area contributed by atoms with Crippen LogP contribution in [0.1, 0.15) is 36.7 Å². The number of ether oxygens (including phenoxy) is 1. The summed E-state index contributed by atoms with van der Waals surface area (Å²) < 4.78 is 10.9. The van der Waals surface area contributed by atoms with Crippen LogP contribution in [0.3, 0.4) is 0 Å². The molecule has 0 radical (unpaired) electrons. The second kappa shape index (κ2) is 9.50. The van der Waals surface area contributed by atoms with Gasteiger partial charge in [-0.25, -0.2) is 9.59 Å². The smallest absolute Gasteiger partial charge is 0.441 e. The van der Waals surface area contributed by atoms with Gasteiger partial charge in [-0.1, -0.05) is 35.0 Å². The summed E-state index contributed by atoms with van der Waals surface area (Å²) in [4.78, 5) is 28.2. The van der Waals surface area contributed by atoms with E-state index in [0.717, 1.165) is 11.1 Å². The van der Waals surface area contributed by atoms with E-state index in [-0.39, 0.29) is 0 Å². The first-order valence-corrected chi connectivity index (χ1v) is 9.22. The number of hydrogen-bond acceptors (Lipinski definition) is 6. The lowest BCUT2D eigenvalue weighted by molar-refractivity contribution is -0.146. The molecule has 0 aliphatic heterocycles. The maximum absolute atomic E-state index is 12.3. The number of aliphatic imine (C=N–C) groups is 1. The molecule has 2 aromatic rings. The van der Waals surface area contributed by atoms with E-state index in [0.29, 0.717) is 30.2 Å². The van der Waals surface area contributed by atoms with Crippen molar-refractivity contribution in [3.05, 3.63) is 62.9 Å². The van der Waals surface area contributed by atoms with Crippen LogP contribution in [0.2, 0.25) is 5.02 Å². The minimum Gasteiger partial charge on any atom is -0.467 e. The monoisotopic (exact) mass is 405 g/mol. The van der Waals surface area contributed by atoms with Gasteiger partial charge in [0, 0.05) is 17.8 Å². The molecule has 1 heterocycles. The first-order chi connectivity index (χ1) is 13.3. The highest BCUT2D eigenvalue weighted by Crippen LogP contribution is 2.21. The minimum absolute atomic E-state index is 0.358. The predicted octanol–water partition coefficient (Wildman–Crippen LogP) is 3.49. The van der Waals surface area contributed by atoms with Crippen molar-refractivity contribution in [2.45, 2.75) is 45.7 Å². The number of methoxy groups -OCH3 is 1. The largest absolute Gasteiger partial charge is 0.467 e. The van der Waals surface area contributed by atoms with Gasteiger partial charge >= 0.3 is 11.7 Å². The van der Waals surface area contributed by atoms with E-state index in [1.807, 2.05) is 31.2 Å². The Morgan fingerprint density at radius 2 is 2.14 bits per heavy atom. The van der Waals surface area contributed by atoms with Crippen molar-refractivity contribution in [1.29, 1.82) is 0 Å². The van der Waals surface area contributed by atoms with Crippen LogP contribution in [-0.2, 0) is 16.1 Å². The number of hydrogen-bond donors (Lipinski definition) is 0. The number of esters is 1. The molecular weight excluding hydrogens is 382 g/mol. The highest BCUT2D eigenvalue weighted by molar-refractivity contribution is 6.31. The molecule has 0 saturated carbocycles. The average Bonchev–Trinajstić information content (AvgIpc) is 2.99.